The van der Waals surface area contributed by atoms with Gasteiger partial charge < -0.3 is 9.30 Å². The van der Waals surface area contributed by atoms with Crippen LogP contribution in [0, 0.1) is 23.2 Å². The van der Waals surface area contributed by atoms with Crippen LogP contribution in [0.2, 0.25) is 0 Å². The number of carbonyl (C=O) groups is 1. The van der Waals surface area contributed by atoms with Gasteiger partial charge in [-0.25, -0.2) is 4.79 Å². The molecule has 0 bridgehead atoms. The van der Waals surface area contributed by atoms with Crippen molar-refractivity contribution in [2.45, 2.75) is 45.3 Å². The number of ether oxygens (including phenoxy) is 1. The second-order valence-electron chi connectivity index (χ2n) is 9.99. The topological polar surface area (TPSA) is 79.9 Å². The van der Waals surface area contributed by atoms with Gasteiger partial charge >= 0.3 is 6.09 Å². The summed E-state index contributed by atoms with van der Waals surface area (Å²) in [7, 11) is 0. The van der Waals surface area contributed by atoms with Gasteiger partial charge in [-0.05, 0) is 80.3 Å². The van der Waals surface area contributed by atoms with E-state index >= 15 is 0 Å². The summed E-state index contributed by atoms with van der Waals surface area (Å²) in [5.74, 6) is 1.13. The van der Waals surface area contributed by atoms with Crippen molar-refractivity contribution in [3.05, 3.63) is 72.4 Å². The number of pyridine rings is 1. The standard InChI is InChI=1S/C30H28N4O2/c1-19(21-7-8-21)36-30(35)33-24-12-9-22(10-13-24)29-26(17-31)25-14-11-23(27-4-2-3-15-32-27)16-28(25)34(29)18-20-5-6-20/h2-4,9-16,19-21H,5-8,18H2,1H3,(H,33,35). The largest absolute Gasteiger partial charge is 0.446 e. The summed E-state index contributed by atoms with van der Waals surface area (Å²) < 4.78 is 7.78. The average molecular weight is 477 g/mol. The fraction of sp³-hybridized carbons (Fsp3) is 0.300. The number of nitrogens with one attached hydrogen (secondary N) is 1. The summed E-state index contributed by atoms with van der Waals surface area (Å²) in [6.07, 6.45) is 6.00. The molecule has 1 amide bonds. The van der Waals surface area contributed by atoms with Crippen molar-refractivity contribution >= 4 is 22.7 Å². The molecule has 2 saturated carbocycles. The van der Waals surface area contributed by atoms with Gasteiger partial charge in [0.05, 0.1) is 22.5 Å². The molecule has 6 nitrogen and oxygen atoms in total. The Morgan fingerprint density at radius 3 is 2.56 bits per heavy atom. The molecule has 1 unspecified atom stereocenters. The van der Waals surface area contributed by atoms with Crippen molar-refractivity contribution in [1.82, 2.24) is 9.55 Å². The van der Waals surface area contributed by atoms with E-state index in [2.05, 4.69) is 27.0 Å². The van der Waals surface area contributed by atoms with Crippen LogP contribution in [0.4, 0.5) is 10.5 Å². The average Bonchev–Trinajstić information content (AvgIpc) is 3.82. The minimum absolute atomic E-state index is 0.0587. The Kier molecular flexibility index (Phi) is 5.69. The van der Waals surface area contributed by atoms with E-state index in [1.54, 1.807) is 6.20 Å². The van der Waals surface area contributed by atoms with Crippen molar-refractivity contribution in [3.8, 4) is 28.6 Å². The molecule has 1 N–H and O–H groups in total. The summed E-state index contributed by atoms with van der Waals surface area (Å²) in [6.45, 7) is 2.83. The normalized spacial score (nSPS) is 15.9. The Morgan fingerprint density at radius 2 is 1.89 bits per heavy atom. The highest BCUT2D eigenvalue weighted by Gasteiger charge is 2.31. The predicted molar refractivity (Wildman–Crippen MR) is 140 cm³/mol. The summed E-state index contributed by atoms with van der Waals surface area (Å²) >= 11 is 0. The summed E-state index contributed by atoms with van der Waals surface area (Å²) in [6, 6.07) is 22.3. The van der Waals surface area contributed by atoms with Crippen LogP contribution < -0.4 is 5.32 Å². The van der Waals surface area contributed by atoms with Crippen LogP contribution in [-0.4, -0.2) is 21.7 Å². The van der Waals surface area contributed by atoms with Gasteiger partial charge in [-0.3, -0.25) is 10.3 Å². The van der Waals surface area contributed by atoms with Crippen LogP contribution in [0.5, 0.6) is 0 Å². The maximum atomic E-state index is 12.3. The van der Waals surface area contributed by atoms with E-state index in [-0.39, 0.29) is 6.10 Å². The maximum Gasteiger partial charge on any atom is 0.411 e. The van der Waals surface area contributed by atoms with Crippen LogP contribution in [0.3, 0.4) is 0 Å². The third kappa shape index (κ3) is 4.45. The molecule has 0 aliphatic heterocycles. The van der Waals surface area contributed by atoms with Gasteiger partial charge in [-0.15, -0.1) is 0 Å². The molecule has 1 atom stereocenters. The van der Waals surface area contributed by atoms with Gasteiger partial charge in [0.15, 0.2) is 0 Å². The van der Waals surface area contributed by atoms with E-state index in [1.807, 2.05) is 61.5 Å². The lowest BCUT2D eigenvalue weighted by Crippen LogP contribution is -2.21. The highest BCUT2D eigenvalue weighted by molar-refractivity contribution is 5.97. The maximum absolute atomic E-state index is 12.3. The van der Waals surface area contributed by atoms with E-state index < -0.39 is 6.09 Å². The van der Waals surface area contributed by atoms with Crippen molar-refractivity contribution < 1.29 is 9.53 Å². The number of anilines is 1. The number of carbonyl (C=O) groups excluding carboxylic acids is 1. The molecule has 2 aliphatic carbocycles. The lowest BCUT2D eigenvalue weighted by molar-refractivity contribution is 0.108. The molecule has 0 radical (unpaired) electrons. The van der Waals surface area contributed by atoms with Crippen LogP contribution in [0.25, 0.3) is 33.4 Å². The molecule has 36 heavy (non-hydrogen) atoms. The Labute approximate surface area is 210 Å². The Bertz CT molecular complexity index is 1460. The number of nitrogens with zero attached hydrogens (tertiary/aromatic N) is 3. The molecular formula is C30H28N4O2. The van der Waals surface area contributed by atoms with Crippen LogP contribution in [-0.2, 0) is 11.3 Å². The number of rotatable bonds is 7. The third-order valence-electron chi connectivity index (χ3n) is 7.26. The SMILES string of the molecule is CC(OC(=O)Nc1ccc(-c2c(C#N)c3ccc(-c4ccccn4)cc3n2CC2CC2)cc1)C1CC1. The molecule has 0 saturated heterocycles. The van der Waals surface area contributed by atoms with Gasteiger partial charge in [0, 0.05) is 29.4 Å². The van der Waals surface area contributed by atoms with Gasteiger partial charge in [0.1, 0.15) is 12.2 Å². The Morgan fingerprint density at radius 1 is 1.11 bits per heavy atom. The molecule has 6 heteroatoms. The van der Waals surface area contributed by atoms with E-state index in [4.69, 9.17) is 4.74 Å². The highest BCUT2D eigenvalue weighted by Crippen LogP contribution is 2.40. The minimum atomic E-state index is -0.426. The zero-order valence-electron chi connectivity index (χ0n) is 20.3. The smallest absolute Gasteiger partial charge is 0.411 e. The number of nitriles is 1. The van der Waals surface area contributed by atoms with E-state index in [0.29, 0.717) is 23.1 Å². The molecule has 6 rings (SSSR count). The molecule has 2 heterocycles. The molecule has 2 aromatic heterocycles. The van der Waals surface area contributed by atoms with Crippen molar-refractivity contribution in [1.29, 1.82) is 5.26 Å². The Balaban J connectivity index is 1.36. The molecule has 180 valence electrons. The summed E-state index contributed by atoms with van der Waals surface area (Å²) in [4.78, 5) is 16.8. The fourth-order valence-corrected chi connectivity index (χ4v) is 4.89. The zero-order valence-corrected chi connectivity index (χ0v) is 20.3. The van der Waals surface area contributed by atoms with E-state index in [9.17, 15) is 10.1 Å². The van der Waals surface area contributed by atoms with Gasteiger partial charge in [0.25, 0.3) is 0 Å². The quantitative estimate of drug-likeness (QED) is 0.311. The van der Waals surface area contributed by atoms with Crippen molar-refractivity contribution in [2.24, 2.45) is 11.8 Å². The zero-order chi connectivity index (χ0) is 24.6. The molecule has 0 spiro atoms. The first-order valence-electron chi connectivity index (χ1n) is 12.7. The number of hydrogen-bond acceptors (Lipinski definition) is 4. The fourth-order valence-electron chi connectivity index (χ4n) is 4.89. The first kappa shape index (κ1) is 22.4. The minimum Gasteiger partial charge on any atom is -0.446 e. The number of amides is 1. The van der Waals surface area contributed by atoms with Crippen LogP contribution in [0.15, 0.2) is 66.9 Å². The number of fused-ring (bicyclic) bond motifs is 1. The van der Waals surface area contributed by atoms with E-state index in [1.165, 1.54) is 12.8 Å². The first-order chi connectivity index (χ1) is 17.6. The number of hydrogen-bond donors (Lipinski definition) is 1. The first-order valence-corrected chi connectivity index (χ1v) is 12.7. The van der Waals surface area contributed by atoms with Crippen LogP contribution >= 0.6 is 0 Å². The highest BCUT2D eigenvalue weighted by atomic mass is 16.6. The molecule has 2 fully saturated rings. The van der Waals surface area contributed by atoms with Crippen molar-refractivity contribution in [2.75, 3.05) is 5.32 Å². The molecule has 2 aliphatic rings. The third-order valence-corrected chi connectivity index (χ3v) is 7.26. The monoisotopic (exact) mass is 476 g/mol. The molecular weight excluding hydrogens is 448 g/mol. The van der Waals surface area contributed by atoms with Gasteiger partial charge in [-0.1, -0.05) is 30.3 Å². The van der Waals surface area contributed by atoms with E-state index in [0.717, 1.165) is 52.8 Å². The molecule has 2 aromatic carbocycles. The summed E-state index contributed by atoms with van der Waals surface area (Å²) in [5.41, 5.74) is 6.23. The molecule has 4 aromatic rings. The number of benzene rings is 2. The van der Waals surface area contributed by atoms with Crippen molar-refractivity contribution in [3.63, 3.8) is 0 Å². The second-order valence-corrected chi connectivity index (χ2v) is 9.99. The lowest BCUT2D eigenvalue weighted by Gasteiger charge is -2.14. The lowest BCUT2D eigenvalue weighted by atomic mass is 10.0. The number of aromatic nitrogens is 2. The Hall–Kier alpha value is -4.11. The second kappa shape index (κ2) is 9.16. The predicted octanol–water partition coefficient (Wildman–Crippen LogP) is 7.00. The van der Waals surface area contributed by atoms with Gasteiger partial charge in [0.2, 0.25) is 0 Å². The van der Waals surface area contributed by atoms with Crippen LogP contribution in [0.1, 0.15) is 38.2 Å². The van der Waals surface area contributed by atoms with Gasteiger partial charge in [-0.2, -0.15) is 5.26 Å². The summed E-state index contributed by atoms with van der Waals surface area (Å²) in [5, 5.41) is 14.0.